The molecule has 0 saturated carbocycles. The van der Waals surface area contributed by atoms with Crippen LogP contribution in [0.25, 0.3) is 5.69 Å². The number of guanidine groups is 1. The van der Waals surface area contributed by atoms with Gasteiger partial charge in [0.2, 0.25) is 0 Å². The number of benzene rings is 1. The van der Waals surface area contributed by atoms with Crippen molar-refractivity contribution in [2.75, 3.05) is 13.6 Å². The van der Waals surface area contributed by atoms with Crippen LogP contribution in [0, 0.1) is 6.92 Å². The van der Waals surface area contributed by atoms with Gasteiger partial charge in [-0.05, 0) is 36.8 Å². The number of nitrogens with zero attached hydrogens (tertiary/aromatic N) is 4. The van der Waals surface area contributed by atoms with Crippen molar-refractivity contribution in [3.63, 3.8) is 0 Å². The Balaban J connectivity index is 1.58. The second-order valence-corrected chi connectivity index (χ2v) is 5.80. The van der Waals surface area contributed by atoms with Gasteiger partial charge in [0.05, 0.1) is 11.4 Å². The summed E-state index contributed by atoms with van der Waals surface area (Å²) in [6.45, 7) is 4.39. The molecule has 2 N–H and O–H groups in total. The normalized spacial score (nSPS) is 11.5. The van der Waals surface area contributed by atoms with Crippen molar-refractivity contribution in [3.8, 4) is 5.69 Å². The van der Waals surface area contributed by atoms with Gasteiger partial charge in [-0.1, -0.05) is 18.2 Å². The second kappa shape index (κ2) is 8.19. The van der Waals surface area contributed by atoms with Gasteiger partial charge in [-0.2, -0.15) is 5.10 Å². The summed E-state index contributed by atoms with van der Waals surface area (Å²) in [5, 5.41) is 11.2. The fraction of sp³-hybridized carbons (Fsp3) is 0.263. The first-order valence-corrected chi connectivity index (χ1v) is 8.42. The molecule has 130 valence electrons. The smallest absolute Gasteiger partial charge is 0.191 e. The topological polar surface area (TPSA) is 59.2 Å². The minimum atomic E-state index is 0.679. The van der Waals surface area contributed by atoms with Gasteiger partial charge in [0.25, 0.3) is 0 Å². The molecule has 0 unspecified atom stereocenters. The number of hydrogen-bond donors (Lipinski definition) is 2. The van der Waals surface area contributed by atoms with E-state index in [2.05, 4.69) is 49.8 Å². The van der Waals surface area contributed by atoms with Gasteiger partial charge in [-0.15, -0.1) is 0 Å². The van der Waals surface area contributed by atoms with Crippen LogP contribution in [0.15, 0.2) is 66.0 Å². The van der Waals surface area contributed by atoms with Crippen LogP contribution in [0.3, 0.4) is 0 Å². The number of aromatic nitrogens is 3. The van der Waals surface area contributed by atoms with Crippen LogP contribution in [0.4, 0.5) is 0 Å². The predicted octanol–water partition coefficient (Wildman–Crippen LogP) is 2.35. The Kier molecular flexibility index (Phi) is 5.51. The van der Waals surface area contributed by atoms with E-state index in [4.69, 9.17) is 0 Å². The average Bonchev–Trinajstić information content (AvgIpc) is 3.30. The van der Waals surface area contributed by atoms with Crippen molar-refractivity contribution in [1.29, 1.82) is 0 Å². The molecule has 2 heterocycles. The molecule has 0 saturated heterocycles. The minimum absolute atomic E-state index is 0.679. The molecule has 0 atom stereocenters. The maximum atomic E-state index is 4.51. The van der Waals surface area contributed by atoms with Crippen LogP contribution in [-0.4, -0.2) is 33.9 Å². The Morgan fingerprint density at radius 3 is 2.56 bits per heavy atom. The molecule has 0 aliphatic carbocycles. The van der Waals surface area contributed by atoms with Crippen molar-refractivity contribution in [2.45, 2.75) is 20.0 Å². The zero-order valence-corrected chi connectivity index (χ0v) is 14.7. The molecule has 2 aromatic heterocycles. The quantitative estimate of drug-likeness (QED) is 0.537. The highest BCUT2D eigenvalue weighted by Crippen LogP contribution is 2.13. The van der Waals surface area contributed by atoms with Gasteiger partial charge < -0.3 is 15.2 Å². The van der Waals surface area contributed by atoms with Crippen molar-refractivity contribution in [1.82, 2.24) is 25.0 Å². The fourth-order valence-electron chi connectivity index (χ4n) is 2.66. The molecule has 0 amide bonds. The summed E-state index contributed by atoms with van der Waals surface area (Å²) in [5.41, 5.74) is 3.25. The standard InChI is InChI=1S/C19H24N6/c1-16-9-13-25(23-16)18-8-4-3-7-17(18)15-22-19(20-2)21-10-14-24-11-5-6-12-24/h3-9,11-13H,10,14-15H2,1-2H3,(H2,20,21,22). The van der Waals surface area contributed by atoms with Crippen molar-refractivity contribution in [3.05, 3.63) is 72.3 Å². The van der Waals surface area contributed by atoms with Crippen molar-refractivity contribution >= 4 is 5.96 Å². The Morgan fingerprint density at radius 1 is 1.04 bits per heavy atom. The molecule has 0 spiro atoms. The van der Waals surface area contributed by atoms with Gasteiger partial charge in [0, 0.05) is 45.3 Å². The molecule has 0 aliphatic rings. The Bertz CT molecular complexity index is 816. The van der Waals surface area contributed by atoms with Gasteiger partial charge in [0.1, 0.15) is 0 Å². The lowest BCUT2D eigenvalue weighted by Gasteiger charge is -2.14. The molecule has 1 aromatic carbocycles. The predicted molar refractivity (Wildman–Crippen MR) is 101 cm³/mol. The van der Waals surface area contributed by atoms with E-state index in [1.54, 1.807) is 7.05 Å². The van der Waals surface area contributed by atoms with E-state index in [0.29, 0.717) is 6.54 Å². The van der Waals surface area contributed by atoms with E-state index in [1.165, 1.54) is 5.56 Å². The molecule has 25 heavy (non-hydrogen) atoms. The van der Waals surface area contributed by atoms with E-state index in [9.17, 15) is 0 Å². The fourth-order valence-corrected chi connectivity index (χ4v) is 2.66. The monoisotopic (exact) mass is 336 g/mol. The Labute approximate surface area is 148 Å². The maximum absolute atomic E-state index is 4.51. The third-order valence-electron chi connectivity index (χ3n) is 3.96. The number of rotatable bonds is 6. The molecule has 0 aliphatic heterocycles. The molecule has 3 aromatic rings. The molecule has 0 radical (unpaired) electrons. The molecule has 0 fully saturated rings. The highest BCUT2D eigenvalue weighted by Gasteiger charge is 2.06. The van der Waals surface area contributed by atoms with E-state index in [1.807, 2.05) is 48.1 Å². The molecular formula is C19H24N6. The minimum Gasteiger partial charge on any atom is -0.355 e. The summed E-state index contributed by atoms with van der Waals surface area (Å²) in [6, 6.07) is 14.3. The van der Waals surface area contributed by atoms with Crippen molar-refractivity contribution in [2.24, 2.45) is 4.99 Å². The zero-order valence-electron chi connectivity index (χ0n) is 14.7. The summed E-state index contributed by atoms with van der Waals surface area (Å²) in [7, 11) is 1.79. The maximum Gasteiger partial charge on any atom is 0.191 e. The lowest BCUT2D eigenvalue weighted by molar-refractivity contribution is 0.665. The molecule has 6 heteroatoms. The molecule has 6 nitrogen and oxygen atoms in total. The summed E-state index contributed by atoms with van der Waals surface area (Å²) in [5.74, 6) is 0.790. The van der Waals surface area contributed by atoms with Crippen LogP contribution in [0.5, 0.6) is 0 Å². The average molecular weight is 336 g/mol. The lowest BCUT2D eigenvalue weighted by atomic mass is 10.2. The first kappa shape index (κ1) is 16.8. The van der Waals surface area contributed by atoms with E-state index in [-0.39, 0.29) is 0 Å². The first-order chi connectivity index (χ1) is 12.3. The zero-order chi connectivity index (χ0) is 17.5. The highest BCUT2D eigenvalue weighted by atomic mass is 15.3. The van der Waals surface area contributed by atoms with Crippen LogP contribution in [0.1, 0.15) is 11.3 Å². The van der Waals surface area contributed by atoms with E-state index in [0.717, 1.165) is 30.4 Å². The SMILES string of the molecule is CN=C(NCCn1cccc1)NCc1ccccc1-n1ccc(C)n1. The van der Waals surface area contributed by atoms with Gasteiger partial charge >= 0.3 is 0 Å². The number of para-hydroxylation sites is 1. The van der Waals surface area contributed by atoms with Gasteiger partial charge in [-0.25, -0.2) is 4.68 Å². The summed E-state index contributed by atoms with van der Waals surface area (Å²) in [6.07, 6.45) is 6.10. The largest absolute Gasteiger partial charge is 0.355 e. The van der Waals surface area contributed by atoms with Crippen LogP contribution in [0.2, 0.25) is 0 Å². The van der Waals surface area contributed by atoms with Gasteiger partial charge in [0.15, 0.2) is 5.96 Å². The van der Waals surface area contributed by atoms with E-state index < -0.39 is 0 Å². The number of hydrogen-bond acceptors (Lipinski definition) is 2. The third kappa shape index (κ3) is 4.50. The molecule has 3 rings (SSSR count). The number of nitrogens with one attached hydrogen (secondary N) is 2. The van der Waals surface area contributed by atoms with Gasteiger partial charge in [-0.3, -0.25) is 4.99 Å². The van der Waals surface area contributed by atoms with Crippen molar-refractivity contribution < 1.29 is 0 Å². The van der Waals surface area contributed by atoms with Crippen LogP contribution in [-0.2, 0) is 13.1 Å². The molecule has 0 bridgehead atoms. The Morgan fingerprint density at radius 2 is 1.84 bits per heavy atom. The number of aryl methyl sites for hydroxylation is 1. The summed E-state index contributed by atoms with van der Waals surface area (Å²) < 4.78 is 4.05. The third-order valence-corrected chi connectivity index (χ3v) is 3.96. The summed E-state index contributed by atoms with van der Waals surface area (Å²) >= 11 is 0. The number of aliphatic imine (C=N–C) groups is 1. The lowest BCUT2D eigenvalue weighted by Crippen LogP contribution is -2.38. The van der Waals surface area contributed by atoms with Crippen LogP contribution >= 0.6 is 0 Å². The van der Waals surface area contributed by atoms with E-state index >= 15 is 0 Å². The van der Waals surface area contributed by atoms with Crippen LogP contribution < -0.4 is 10.6 Å². The second-order valence-electron chi connectivity index (χ2n) is 5.80. The first-order valence-electron chi connectivity index (χ1n) is 8.42. The Hall–Kier alpha value is -3.02. The summed E-state index contributed by atoms with van der Waals surface area (Å²) in [4.78, 5) is 4.29. The highest BCUT2D eigenvalue weighted by molar-refractivity contribution is 5.79. The molecular weight excluding hydrogens is 312 g/mol.